The molecule has 0 radical (unpaired) electrons. The number of rotatable bonds is 8. The molecule has 1 aromatic carbocycles. The van der Waals surface area contributed by atoms with Crippen molar-refractivity contribution in [2.75, 3.05) is 13.1 Å². The first kappa shape index (κ1) is 26.0. The van der Waals surface area contributed by atoms with Crippen LogP contribution in [0.25, 0.3) is 17.0 Å². The van der Waals surface area contributed by atoms with E-state index in [1.54, 1.807) is 17.4 Å². The van der Waals surface area contributed by atoms with E-state index in [0.717, 1.165) is 11.1 Å². The molecule has 0 spiro atoms. The van der Waals surface area contributed by atoms with Crippen molar-refractivity contribution >= 4 is 46.0 Å². The highest BCUT2D eigenvalue weighted by molar-refractivity contribution is 7.08. The van der Waals surface area contributed by atoms with Gasteiger partial charge < -0.3 is 20.6 Å². The van der Waals surface area contributed by atoms with E-state index in [0.29, 0.717) is 16.8 Å². The molecule has 1 saturated heterocycles. The number of aliphatic hydroxyl groups is 1. The van der Waals surface area contributed by atoms with Gasteiger partial charge in [0.25, 0.3) is 5.91 Å². The number of allylic oxidation sites excluding steroid dienone is 1. The van der Waals surface area contributed by atoms with E-state index in [4.69, 9.17) is 0 Å². The van der Waals surface area contributed by atoms with E-state index in [1.165, 1.54) is 42.0 Å². The van der Waals surface area contributed by atoms with E-state index >= 15 is 0 Å². The number of hydrogen-bond acceptors (Lipinski definition) is 6. The average Bonchev–Trinajstić information content (AvgIpc) is 3.46. The lowest BCUT2D eigenvalue weighted by Gasteiger charge is -2.25. The van der Waals surface area contributed by atoms with Gasteiger partial charge in [0.2, 0.25) is 11.8 Å². The Morgan fingerprint density at radius 3 is 2.84 bits per heavy atom. The molecule has 1 aliphatic heterocycles. The van der Waals surface area contributed by atoms with Gasteiger partial charge in [0.05, 0.1) is 24.2 Å². The van der Waals surface area contributed by atoms with Gasteiger partial charge in [-0.3, -0.25) is 14.4 Å². The second kappa shape index (κ2) is 11.0. The molecule has 3 heterocycles. The molecule has 3 amide bonds. The Hall–Kier alpha value is -3.63. The number of pyridine rings is 1. The maximum absolute atomic E-state index is 13.4. The Morgan fingerprint density at radius 2 is 2.05 bits per heavy atom. The van der Waals surface area contributed by atoms with Crippen LogP contribution in [0.3, 0.4) is 0 Å². The number of nitrogens with one attached hydrogen (secondary N) is 2. The molecule has 198 valence electrons. The normalized spacial score (nSPS) is 20.1. The van der Waals surface area contributed by atoms with Crippen LogP contribution in [0.15, 0.2) is 47.2 Å². The van der Waals surface area contributed by atoms with Crippen LogP contribution >= 0.6 is 11.3 Å². The van der Waals surface area contributed by atoms with Gasteiger partial charge in [-0.05, 0) is 71.8 Å². The fraction of sp³-hybridized carbons (Fsp3) is 0.357. The van der Waals surface area contributed by atoms with Gasteiger partial charge in [-0.25, -0.2) is 9.37 Å². The number of fused-ring (bicyclic) bond motifs is 1. The first-order valence-electron chi connectivity index (χ1n) is 12.6. The molecule has 3 N–H and O–H groups in total. The molecular weight excluding hydrogens is 507 g/mol. The molecule has 3 aromatic rings. The van der Waals surface area contributed by atoms with Gasteiger partial charge in [-0.2, -0.15) is 11.3 Å². The number of benzene rings is 1. The van der Waals surface area contributed by atoms with Crippen molar-refractivity contribution in [3.63, 3.8) is 0 Å². The highest BCUT2D eigenvalue weighted by Crippen LogP contribution is 2.32. The lowest BCUT2D eigenvalue weighted by Crippen LogP contribution is -2.49. The maximum Gasteiger partial charge on any atom is 0.270 e. The third-order valence-corrected chi connectivity index (χ3v) is 7.68. The summed E-state index contributed by atoms with van der Waals surface area (Å²) in [5.74, 6) is -1.14. The summed E-state index contributed by atoms with van der Waals surface area (Å²) in [6.07, 6.45) is 6.04. The lowest BCUT2D eigenvalue weighted by molar-refractivity contribution is -0.138. The molecule has 1 unspecified atom stereocenters. The van der Waals surface area contributed by atoms with Crippen LogP contribution in [-0.2, 0) is 9.59 Å². The van der Waals surface area contributed by atoms with Crippen molar-refractivity contribution in [1.29, 1.82) is 0 Å². The van der Waals surface area contributed by atoms with Gasteiger partial charge >= 0.3 is 0 Å². The maximum atomic E-state index is 13.4. The van der Waals surface area contributed by atoms with Crippen LogP contribution < -0.4 is 10.6 Å². The number of hydrogen-bond donors (Lipinski definition) is 3. The third-order valence-electron chi connectivity index (χ3n) is 6.90. The minimum atomic E-state index is -0.838. The van der Waals surface area contributed by atoms with E-state index in [2.05, 4.69) is 33.1 Å². The number of β-amino-alcohol motifs (C(OH)–C–C–N with tert-alkyl or cyclic N) is 1. The number of aromatic nitrogens is 1. The summed E-state index contributed by atoms with van der Waals surface area (Å²) in [6, 6.07) is 5.99. The lowest BCUT2D eigenvalue weighted by atomic mass is 10.1. The van der Waals surface area contributed by atoms with E-state index in [1.807, 2.05) is 12.3 Å². The van der Waals surface area contributed by atoms with Gasteiger partial charge in [-0.1, -0.05) is 18.2 Å². The fourth-order valence-electron chi connectivity index (χ4n) is 4.63. The fourth-order valence-corrected chi connectivity index (χ4v) is 5.55. The first-order chi connectivity index (χ1) is 18.3. The molecule has 2 fully saturated rings. The smallest absolute Gasteiger partial charge is 0.270 e. The van der Waals surface area contributed by atoms with Crippen LogP contribution in [0, 0.1) is 11.7 Å². The summed E-state index contributed by atoms with van der Waals surface area (Å²) >= 11 is 1.57. The van der Waals surface area contributed by atoms with Crippen molar-refractivity contribution in [1.82, 2.24) is 20.5 Å². The van der Waals surface area contributed by atoms with Crippen molar-refractivity contribution < 1.29 is 23.9 Å². The molecule has 2 aromatic heterocycles. The summed E-state index contributed by atoms with van der Waals surface area (Å²) in [4.78, 5) is 44.3. The molecule has 3 atom stereocenters. The predicted molar refractivity (Wildman–Crippen MR) is 143 cm³/mol. The Balaban J connectivity index is 1.19. The minimum Gasteiger partial charge on any atom is -0.391 e. The largest absolute Gasteiger partial charge is 0.391 e. The van der Waals surface area contributed by atoms with Gasteiger partial charge in [0.15, 0.2) is 0 Å². The van der Waals surface area contributed by atoms with E-state index < -0.39 is 29.8 Å². The molecule has 1 aliphatic carbocycles. The molecule has 5 rings (SSSR count). The van der Waals surface area contributed by atoms with Crippen LogP contribution in [0.2, 0.25) is 0 Å². The molecular formula is C28H29FN4O4S. The van der Waals surface area contributed by atoms with Gasteiger partial charge in [-0.15, -0.1) is 0 Å². The average molecular weight is 537 g/mol. The number of carbonyl (C=O) groups excluding carboxylic acids is 3. The monoisotopic (exact) mass is 536 g/mol. The Labute approximate surface area is 223 Å². The number of nitrogens with zero attached hydrogens (tertiary/aromatic N) is 2. The van der Waals surface area contributed by atoms with E-state index in [9.17, 15) is 23.9 Å². The van der Waals surface area contributed by atoms with Crippen LogP contribution in [0.4, 0.5) is 4.39 Å². The van der Waals surface area contributed by atoms with Gasteiger partial charge in [0.1, 0.15) is 17.6 Å². The molecule has 0 bridgehead atoms. The molecule has 2 aliphatic rings. The van der Waals surface area contributed by atoms with Crippen molar-refractivity contribution in [3.05, 3.63) is 69.8 Å². The summed E-state index contributed by atoms with van der Waals surface area (Å²) in [6.45, 7) is 1.56. The second-order valence-corrected chi connectivity index (χ2v) is 10.6. The standard InChI is InChI=1S/C28H29FN4O4S/c1-16(22-15-38-14-19(22)5-4-17-2-3-17)31-28(37)25-11-21(34)13-33(25)26(35)12-30-27(36)24-8-6-18-10-20(29)7-9-23(18)32-24/h4-10,14-17,21,25,34H,2-3,11-13H2,1H3,(H,30,36)(H,31,37)/b5-4+/t16-,21+,25?/m0/s1. The summed E-state index contributed by atoms with van der Waals surface area (Å²) in [7, 11) is 0. The quantitative estimate of drug-likeness (QED) is 0.409. The van der Waals surface area contributed by atoms with Crippen molar-refractivity contribution in [2.45, 2.75) is 44.4 Å². The van der Waals surface area contributed by atoms with Crippen LogP contribution in [-0.4, -0.2) is 57.9 Å². The topological polar surface area (TPSA) is 112 Å². The zero-order valence-electron chi connectivity index (χ0n) is 20.9. The van der Waals surface area contributed by atoms with Gasteiger partial charge in [0, 0.05) is 18.4 Å². The Kier molecular flexibility index (Phi) is 7.53. The zero-order valence-corrected chi connectivity index (χ0v) is 21.7. The van der Waals surface area contributed by atoms with Crippen molar-refractivity contribution in [3.8, 4) is 0 Å². The molecule has 8 nitrogen and oxygen atoms in total. The number of halogens is 1. The zero-order chi connectivity index (χ0) is 26.8. The summed E-state index contributed by atoms with van der Waals surface area (Å²) < 4.78 is 13.4. The summed E-state index contributed by atoms with van der Waals surface area (Å²) in [5, 5.41) is 20.4. The molecule has 38 heavy (non-hydrogen) atoms. The highest BCUT2D eigenvalue weighted by atomic mass is 32.1. The Morgan fingerprint density at radius 1 is 1.24 bits per heavy atom. The number of likely N-dealkylation sites (tertiary alicyclic amines) is 1. The predicted octanol–water partition coefficient (Wildman–Crippen LogP) is 3.43. The number of carbonyl (C=O) groups is 3. The first-order valence-corrected chi connectivity index (χ1v) is 13.6. The number of amides is 3. The highest BCUT2D eigenvalue weighted by Gasteiger charge is 2.39. The van der Waals surface area contributed by atoms with Crippen molar-refractivity contribution in [2.24, 2.45) is 5.92 Å². The number of thiophene rings is 1. The van der Waals surface area contributed by atoms with Crippen LogP contribution in [0.5, 0.6) is 0 Å². The van der Waals surface area contributed by atoms with Crippen LogP contribution in [0.1, 0.15) is 53.8 Å². The molecule has 1 saturated carbocycles. The Bertz CT molecular complexity index is 1400. The molecule has 10 heteroatoms. The SMILES string of the molecule is C[C@H](NC(=O)C1C[C@@H](O)CN1C(=O)CNC(=O)c1ccc2cc(F)ccc2n1)c1cscc1/C=C/C1CC1. The minimum absolute atomic E-state index is 0.00872. The van der Waals surface area contributed by atoms with E-state index in [-0.39, 0.29) is 37.2 Å². The number of aliphatic hydroxyl groups excluding tert-OH is 1. The summed E-state index contributed by atoms with van der Waals surface area (Å²) in [5.41, 5.74) is 2.62. The third kappa shape index (κ3) is 5.92. The second-order valence-electron chi connectivity index (χ2n) is 9.88.